The third-order valence-electron chi connectivity index (χ3n) is 4.71. The van der Waals surface area contributed by atoms with Gasteiger partial charge in [-0.1, -0.05) is 35.9 Å². The molecule has 2 amide bonds. The molecule has 0 aliphatic heterocycles. The van der Waals surface area contributed by atoms with Gasteiger partial charge in [0, 0.05) is 35.3 Å². The number of nitrogens with zero attached hydrogens (tertiary/aromatic N) is 2. The Morgan fingerprint density at radius 2 is 1.76 bits per heavy atom. The van der Waals surface area contributed by atoms with Gasteiger partial charge in [0.25, 0.3) is 11.5 Å². The van der Waals surface area contributed by atoms with Gasteiger partial charge in [-0.05, 0) is 38.1 Å². The average molecular weight is 412 g/mol. The van der Waals surface area contributed by atoms with Crippen LogP contribution < -0.4 is 10.9 Å². The van der Waals surface area contributed by atoms with Crippen LogP contribution >= 0.6 is 11.6 Å². The molecule has 6 nitrogen and oxygen atoms in total. The third kappa shape index (κ3) is 4.49. The molecule has 0 spiro atoms. The quantitative estimate of drug-likeness (QED) is 0.671. The molecule has 0 saturated heterocycles. The van der Waals surface area contributed by atoms with Gasteiger partial charge in [-0.3, -0.25) is 19.0 Å². The smallest absolute Gasteiger partial charge is 0.254 e. The lowest BCUT2D eigenvalue weighted by Gasteiger charge is -2.20. The van der Waals surface area contributed by atoms with Crippen LogP contribution in [-0.2, 0) is 11.3 Å². The molecule has 7 heteroatoms. The Labute approximate surface area is 173 Å². The Morgan fingerprint density at radius 3 is 2.45 bits per heavy atom. The monoisotopic (exact) mass is 411 g/mol. The van der Waals surface area contributed by atoms with Crippen LogP contribution in [0.4, 0.5) is 5.69 Å². The van der Waals surface area contributed by atoms with E-state index in [0.717, 1.165) is 0 Å². The molecule has 29 heavy (non-hydrogen) atoms. The number of nitrogens with one attached hydrogen (secondary N) is 1. The van der Waals surface area contributed by atoms with Gasteiger partial charge in [-0.15, -0.1) is 0 Å². The van der Waals surface area contributed by atoms with Gasteiger partial charge in [-0.2, -0.15) is 0 Å². The van der Waals surface area contributed by atoms with Gasteiger partial charge < -0.3 is 10.2 Å². The van der Waals surface area contributed by atoms with Gasteiger partial charge in [0.15, 0.2) is 0 Å². The van der Waals surface area contributed by atoms with Crippen LogP contribution in [0, 0.1) is 0 Å². The largest absolute Gasteiger partial charge is 0.339 e. The number of amides is 2. The number of carbonyl (C=O) groups is 2. The molecule has 1 aromatic heterocycles. The van der Waals surface area contributed by atoms with Crippen molar-refractivity contribution in [2.75, 3.05) is 18.4 Å². The van der Waals surface area contributed by atoms with Gasteiger partial charge in [-0.25, -0.2) is 0 Å². The van der Waals surface area contributed by atoms with Crippen LogP contribution in [0.3, 0.4) is 0 Å². The van der Waals surface area contributed by atoms with Gasteiger partial charge in [0.05, 0.1) is 11.1 Å². The third-order valence-corrected chi connectivity index (χ3v) is 4.95. The molecule has 3 rings (SSSR count). The predicted molar refractivity (Wildman–Crippen MR) is 116 cm³/mol. The van der Waals surface area contributed by atoms with E-state index in [1.807, 2.05) is 19.9 Å². The van der Waals surface area contributed by atoms with Crippen molar-refractivity contribution in [2.24, 2.45) is 0 Å². The fraction of sp³-hybridized carbons (Fsp3) is 0.227. The van der Waals surface area contributed by atoms with E-state index in [2.05, 4.69) is 5.32 Å². The Bertz CT molecular complexity index is 1120. The van der Waals surface area contributed by atoms with Crippen molar-refractivity contribution in [3.63, 3.8) is 0 Å². The minimum Gasteiger partial charge on any atom is -0.339 e. The van der Waals surface area contributed by atoms with Crippen molar-refractivity contribution in [1.82, 2.24) is 9.47 Å². The number of para-hydroxylation sites is 1. The predicted octanol–water partition coefficient (Wildman–Crippen LogP) is 3.78. The number of hydrogen-bond acceptors (Lipinski definition) is 3. The van der Waals surface area contributed by atoms with Crippen LogP contribution in [0.15, 0.2) is 59.4 Å². The summed E-state index contributed by atoms with van der Waals surface area (Å²) in [6.45, 7) is 4.71. The lowest BCUT2D eigenvalue weighted by molar-refractivity contribution is -0.116. The van der Waals surface area contributed by atoms with E-state index < -0.39 is 5.56 Å². The lowest BCUT2D eigenvalue weighted by atomic mass is 10.1. The fourth-order valence-corrected chi connectivity index (χ4v) is 3.46. The number of rotatable bonds is 6. The first-order valence-corrected chi connectivity index (χ1v) is 9.79. The number of halogens is 1. The van der Waals surface area contributed by atoms with E-state index in [0.29, 0.717) is 40.3 Å². The highest BCUT2D eigenvalue weighted by Gasteiger charge is 2.19. The summed E-state index contributed by atoms with van der Waals surface area (Å²) in [5, 5.41) is 3.88. The molecule has 0 atom stereocenters. The normalized spacial score (nSPS) is 10.7. The van der Waals surface area contributed by atoms with E-state index in [4.69, 9.17) is 11.6 Å². The van der Waals surface area contributed by atoms with Crippen molar-refractivity contribution < 1.29 is 9.59 Å². The maximum absolute atomic E-state index is 12.9. The molecule has 1 N–H and O–H groups in total. The molecule has 0 saturated carbocycles. The summed E-state index contributed by atoms with van der Waals surface area (Å²) in [6, 6.07) is 15.2. The summed E-state index contributed by atoms with van der Waals surface area (Å²) >= 11 is 5.95. The Hall–Kier alpha value is -3.12. The number of carbonyl (C=O) groups excluding carboxylic acids is 2. The molecule has 0 aliphatic carbocycles. The van der Waals surface area contributed by atoms with E-state index in [-0.39, 0.29) is 18.4 Å². The minimum absolute atomic E-state index is 0.175. The first-order valence-electron chi connectivity index (χ1n) is 9.41. The minimum atomic E-state index is -0.402. The fourth-order valence-electron chi connectivity index (χ4n) is 3.27. The summed E-state index contributed by atoms with van der Waals surface area (Å²) in [5.41, 5.74) is 1.03. The van der Waals surface area contributed by atoms with Gasteiger partial charge >= 0.3 is 0 Å². The highest BCUT2D eigenvalue weighted by molar-refractivity contribution is 6.30. The molecular formula is C22H22ClN3O3. The molecule has 150 valence electrons. The second-order valence-corrected chi connectivity index (χ2v) is 6.97. The summed E-state index contributed by atoms with van der Waals surface area (Å²) < 4.78 is 1.37. The summed E-state index contributed by atoms with van der Waals surface area (Å²) in [7, 11) is 0. The first kappa shape index (κ1) is 20.6. The van der Waals surface area contributed by atoms with E-state index in [1.54, 1.807) is 47.4 Å². The van der Waals surface area contributed by atoms with Crippen molar-refractivity contribution in [3.05, 3.63) is 75.5 Å². The van der Waals surface area contributed by atoms with Gasteiger partial charge in [0.2, 0.25) is 5.91 Å². The van der Waals surface area contributed by atoms with Crippen LogP contribution in [0.25, 0.3) is 10.9 Å². The average Bonchev–Trinajstić information content (AvgIpc) is 2.70. The molecule has 1 heterocycles. The Morgan fingerprint density at radius 1 is 1.03 bits per heavy atom. The highest BCUT2D eigenvalue weighted by Crippen LogP contribution is 2.19. The zero-order valence-electron chi connectivity index (χ0n) is 16.3. The number of aromatic nitrogens is 1. The maximum Gasteiger partial charge on any atom is 0.254 e. The topological polar surface area (TPSA) is 71.4 Å². The summed E-state index contributed by atoms with van der Waals surface area (Å²) in [6.07, 6.45) is 0. The number of pyridine rings is 1. The first-order chi connectivity index (χ1) is 13.9. The molecule has 2 aromatic carbocycles. The van der Waals surface area contributed by atoms with Gasteiger partial charge in [0.1, 0.15) is 6.54 Å². The van der Waals surface area contributed by atoms with Crippen molar-refractivity contribution >= 4 is 40.0 Å². The number of benzene rings is 2. The maximum atomic E-state index is 12.9. The lowest BCUT2D eigenvalue weighted by Crippen LogP contribution is -2.33. The highest BCUT2D eigenvalue weighted by atomic mass is 35.5. The number of hydrogen-bond donors (Lipinski definition) is 1. The van der Waals surface area contributed by atoms with Crippen LogP contribution in [0.1, 0.15) is 24.2 Å². The van der Waals surface area contributed by atoms with E-state index in [1.165, 1.54) is 10.6 Å². The van der Waals surface area contributed by atoms with Crippen molar-refractivity contribution in [1.29, 1.82) is 0 Å². The Kier molecular flexibility index (Phi) is 6.34. The van der Waals surface area contributed by atoms with Crippen LogP contribution in [-0.4, -0.2) is 34.4 Å². The molecular weight excluding hydrogens is 390 g/mol. The van der Waals surface area contributed by atoms with E-state index >= 15 is 0 Å². The van der Waals surface area contributed by atoms with Crippen LogP contribution in [0.2, 0.25) is 5.02 Å². The molecule has 0 fully saturated rings. The Balaban J connectivity index is 1.98. The second-order valence-electron chi connectivity index (χ2n) is 6.54. The number of anilines is 1. The SMILES string of the molecule is CCN(CC)C(=O)c1cc(=O)n(CC(=O)Nc2cccc(Cl)c2)c2ccccc12. The second kappa shape index (κ2) is 8.92. The van der Waals surface area contributed by atoms with Crippen molar-refractivity contribution in [2.45, 2.75) is 20.4 Å². The molecule has 3 aromatic rings. The molecule has 0 unspecified atom stereocenters. The molecule has 0 aliphatic rings. The zero-order valence-corrected chi connectivity index (χ0v) is 17.1. The van der Waals surface area contributed by atoms with Crippen LogP contribution in [0.5, 0.6) is 0 Å². The zero-order chi connectivity index (χ0) is 21.0. The van der Waals surface area contributed by atoms with E-state index in [9.17, 15) is 14.4 Å². The van der Waals surface area contributed by atoms with Crippen molar-refractivity contribution in [3.8, 4) is 0 Å². The summed E-state index contributed by atoms with van der Waals surface area (Å²) in [4.78, 5) is 39.8. The number of fused-ring (bicyclic) bond motifs is 1. The summed E-state index contributed by atoms with van der Waals surface area (Å²) in [5.74, 6) is -0.554. The standard InChI is InChI=1S/C22H22ClN3O3/c1-3-25(4-2)22(29)18-13-21(28)26(19-11-6-5-10-17(18)19)14-20(27)24-16-9-7-8-15(23)12-16/h5-13H,3-4,14H2,1-2H3,(H,24,27). The molecule has 0 bridgehead atoms. The molecule has 0 radical (unpaired) electrons.